The molecule has 0 atom stereocenters. The first-order valence-corrected chi connectivity index (χ1v) is 3.93. The van der Waals surface area contributed by atoms with Crippen molar-refractivity contribution in [1.82, 2.24) is 15.0 Å². The lowest BCUT2D eigenvalue weighted by molar-refractivity contribution is -0.137. The number of aromatic amines is 1. The van der Waals surface area contributed by atoms with Crippen LogP contribution in [-0.2, 0) is 6.18 Å². The molecule has 3 nitrogen and oxygen atoms in total. The van der Waals surface area contributed by atoms with Gasteiger partial charge >= 0.3 is 6.18 Å². The molecule has 0 amide bonds. The third-order valence-electron chi connectivity index (χ3n) is 1.64. The van der Waals surface area contributed by atoms with E-state index in [1.807, 2.05) is 0 Å². The molecule has 0 spiro atoms. The molecule has 14 heavy (non-hydrogen) atoms. The SMILES string of the molecule is FC(F)(F)c1cnc2nc(Cl)[nH]c2c1. The third kappa shape index (κ3) is 1.52. The van der Waals surface area contributed by atoms with Gasteiger partial charge in [0.2, 0.25) is 5.28 Å². The van der Waals surface area contributed by atoms with Crippen LogP contribution >= 0.6 is 11.6 Å². The summed E-state index contributed by atoms with van der Waals surface area (Å²) in [5.74, 6) is 0. The Morgan fingerprint density at radius 1 is 1.36 bits per heavy atom. The predicted molar refractivity (Wildman–Crippen MR) is 43.9 cm³/mol. The van der Waals surface area contributed by atoms with Crippen molar-refractivity contribution >= 4 is 22.8 Å². The van der Waals surface area contributed by atoms with Crippen LogP contribution in [0.2, 0.25) is 5.28 Å². The van der Waals surface area contributed by atoms with Gasteiger partial charge in [-0.2, -0.15) is 18.2 Å². The molecule has 0 aliphatic heterocycles. The average molecular weight is 222 g/mol. The van der Waals surface area contributed by atoms with Crippen LogP contribution in [-0.4, -0.2) is 15.0 Å². The summed E-state index contributed by atoms with van der Waals surface area (Å²) in [7, 11) is 0. The van der Waals surface area contributed by atoms with Crippen LogP contribution in [0.15, 0.2) is 12.3 Å². The molecule has 0 radical (unpaired) electrons. The zero-order valence-corrected chi connectivity index (χ0v) is 7.32. The molecule has 2 aromatic heterocycles. The van der Waals surface area contributed by atoms with Crippen molar-refractivity contribution < 1.29 is 13.2 Å². The maximum Gasteiger partial charge on any atom is 0.417 e. The van der Waals surface area contributed by atoms with E-state index in [1.165, 1.54) is 0 Å². The quantitative estimate of drug-likeness (QED) is 0.743. The van der Waals surface area contributed by atoms with Gasteiger partial charge in [-0.15, -0.1) is 0 Å². The fraction of sp³-hybridized carbons (Fsp3) is 0.143. The Morgan fingerprint density at radius 2 is 2.07 bits per heavy atom. The third-order valence-corrected chi connectivity index (χ3v) is 1.81. The molecule has 0 aliphatic carbocycles. The van der Waals surface area contributed by atoms with Crippen LogP contribution in [0, 0.1) is 0 Å². The van der Waals surface area contributed by atoms with Gasteiger partial charge in [-0.3, -0.25) is 0 Å². The predicted octanol–water partition coefficient (Wildman–Crippen LogP) is 2.63. The highest BCUT2D eigenvalue weighted by molar-refractivity contribution is 6.28. The lowest BCUT2D eigenvalue weighted by Gasteiger charge is -2.04. The molecule has 2 heterocycles. The molecule has 0 fully saturated rings. The number of H-pyrrole nitrogens is 1. The monoisotopic (exact) mass is 221 g/mol. The zero-order valence-electron chi connectivity index (χ0n) is 6.56. The first-order valence-electron chi connectivity index (χ1n) is 3.55. The molecule has 0 saturated heterocycles. The van der Waals surface area contributed by atoms with E-state index in [0.717, 1.165) is 12.3 Å². The summed E-state index contributed by atoms with van der Waals surface area (Å²) in [5.41, 5.74) is -0.488. The van der Waals surface area contributed by atoms with Crippen molar-refractivity contribution in [2.75, 3.05) is 0 Å². The fourth-order valence-electron chi connectivity index (χ4n) is 1.03. The number of aromatic nitrogens is 3. The number of halogens is 4. The Kier molecular flexibility index (Phi) is 1.88. The number of nitrogens with zero attached hydrogens (tertiary/aromatic N) is 2. The van der Waals surface area contributed by atoms with Crippen LogP contribution < -0.4 is 0 Å². The van der Waals surface area contributed by atoms with Gasteiger partial charge in [0.25, 0.3) is 0 Å². The smallest absolute Gasteiger partial charge is 0.327 e. The summed E-state index contributed by atoms with van der Waals surface area (Å²) in [5, 5.41) is 0.0202. The summed E-state index contributed by atoms with van der Waals surface area (Å²) in [6.07, 6.45) is -3.68. The highest BCUT2D eigenvalue weighted by Gasteiger charge is 2.31. The lowest BCUT2D eigenvalue weighted by Crippen LogP contribution is -2.05. The Morgan fingerprint density at radius 3 is 2.71 bits per heavy atom. The van der Waals surface area contributed by atoms with E-state index in [1.54, 1.807) is 0 Å². The van der Waals surface area contributed by atoms with Crippen LogP contribution in [0.4, 0.5) is 13.2 Å². The zero-order chi connectivity index (χ0) is 10.3. The minimum absolute atomic E-state index is 0.0202. The van der Waals surface area contributed by atoms with Gasteiger partial charge in [0.05, 0.1) is 11.1 Å². The first kappa shape index (κ1) is 9.26. The van der Waals surface area contributed by atoms with Crippen molar-refractivity contribution in [3.8, 4) is 0 Å². The molecule has 0 saturated carbocycles. The number of pyridine rings is 1. The minimum Gasteiger partial charge on any atom is -0.327 e. The Hall–Kier alpha value is -1.30. The van der Waals surface area contributed by atoms with E-state index < -0.39 is 11.7 Å². The summed E-state index contributed by atoms with van der Waals surface area (Å²) < 4.78 is 36.6. The summed E-state index contributed by atoms with van der Waals surface area (Å²) >= 11 is 5.46. The van der Waals surface area contributed by atoms with Crippen molar-refractivity contribution in [2.45, 2.75) is 6.18 Å². The number of fused-ring (bicyclic) bond motifs is 1. The van der Waals surface area contributed by atoms with Gasteiger partial charge in [0, 0.05) is 6.20 Å². The van der Waals surface area contributed by atoms with Gasteiger partial charge in [0.15, 0.2) is 5.65 Å². The molecule has 1 N–H and O–H groups in total. The van der Waals surface area contributed by atoms with E-state index in [2.05, 4.69) is 15.0 Å². The van der Waals surface area contributed by atoms with E-state index in [0.29, 0.717) is 0 Å². The normalized spacial score (nSPS) is 12.3. The number of hydrogen-bond acceptors (Lipinski definition) is 2. The minimum atomic E-state index is -4.40. The van der Waals surface area contributed by atoms with Crippen molar-refractivity contribution in [1.29, 1.82) is 0 Å². The van der Waals surface area contributed by atoms with Crippen molar-refractivity contribution in [2.24, 2.45) is 0 Å². The molecule has 0 aliphatic rings. The second-order valence-corrected chi connectivity index (χ2v) is 2.98. The molecule has 2 rings (SSSR count). The van der Waals surface area contributed by atoms with Crippen LogP contribution in [0.1, 0.15) is 5.56 Å². The maximum atomic E-state index is 12.2. The first-order chi connectivity index (χ1) is 6.47. The molecule has 0 aromatic carbocycles. The molecular weight excluding hydrogens is 219 g/mol. The van der Waals surface area contributed by atoms with Gasteiger partial charge in [0.1, 0.15) is 0 Å². The van der Waals surface area contributed by atoms with Gasteiger partial charge in [-0.1, -0.05) is 0 Å². The van der Waals surface area contributed by atoms with Gasteiger partial charge in [-0.25, -0.2) is 4.98 Å². The fourth-order valence-corrected chi connectivity index (χ4v) is 1.21. The summed E-state index contributed by atoms with van der Waals surface area (Å²) in [6, 6.07) is 0.918. The molecule has 74 valence electrons. The summed E-state index contributed by atoms with van der Waals surface area (Å²) in [6.45, 7) is 0. The molecular formula is C7H3ClF3N3. The maximum absolute atomic E-state index is 12.2. The number of alkyl halides is 3. The summed E-state index contributed by atoms with van der Waals surface area (Å²) in [4.78, 5) is 9.65. The second kappa shape index (κ2) is 2.84. The highest BCUT2D eigenvalue weighted by atomic mass is 35.5. The van der Waals surface area contributed by atoms with E-state index >= 15 is 0 Å². The topological polar surface area (TPSA) is 41.6 Å². The number of rotatable bonds is 0. The number of nitrogens with one attached hydrogen (secondary N) is 1. The second-order valence-electron chi connectivity index (χ2n) is 2.62. The molecule has 0 bridgehead atoms. The molecule has 7 heteroatoms. The largest absolute Gasteiger partial charge is 0.417 e. The van der Waals surface area contributed by atoms with Crippen molar-refractivity contribution in [3.05, 3.63) is 23.1 Å². The van der Waals surface area contributed by atoms with E-state index in [-0.39, 0.29) is 16.4 Å². The van der Waals surface area contributed by atoms with Gasteiger partial charge < -0.3 is 4.98 Å². The lowest BCUT2D eigenvalue weighted by atomic mass is 10.2. The Labute approximate surface area is 80.9 Å². The van der Waals surface area contributed by atoms with Crippen LogP contribution in [0.5, 0.6) is 0 Å². The van der Waals surface area contributed by atoms with Crippen LogP contribution in [0.3, 0.4) is 0 Å². The molecule has 2 aromatic rings. The highest BCUT2D eigenvalue weighted by Crippen LogP contribution is 2.30. The van der Waals surface area contributed by atoms with Gasteiger partial charge in [-0.05, 0) is 17.7 Å². The number of hydrogen-bond donors (Lipinski definition) is 1. The van der Waals surface area contributed by atoms with Crippen molar-refractivity contribution in [3.63, 3.8) is 0 Å². The number of imidazole rings is 1. The molecule has 0 unspecified atom stereocenters. The van der Waals surface area contributed by atoms with E-state index in [9.17, 15) is 13.2 Å². The standard InChI is InChI=1S/C7H3ClF3N3/c8-6-13-4-1-3(7(9,10)11)2-12-5(4)14-6/h1-2H,(H,12,13,14). The Bertz CT molecular complexity index is 476. The van der Waals surface area contributed by atoms with Crippen LogP contribution in [0.25, 0.3) is 11.2 Å². The Balaban J connectivity index is 2.62. The average Bonchev–Trinajstić information content (AvgIpc) is 2.41. The van der Waals surface area contributed by atoms with E-state index in [4.69, 9.17) is 11.6 Å².